The van der Waals surface area contributed by atoms with Gasteiger partial charge in [-0.3, -0.25) is 14.4 Å². The van der Waals surface area contributed by atoms with E-state index in [1.807, 2.05) is 91.1 Å². The van der Waals surface area contributed by atoms with Crippen LogP contribution in [0.15, 0.2) is 91.1 Å². The molecule has 4 atom stereocenters. The van der Waals surface area contributed by atoms with Crippen LogP contribution in [0.1, 0.15) is 29.5 Å². The maximum Gasteiger partial charge on any atom is 0.246 e. The lowest BCUT2D eigenvalue weighted by molar-refractivity contribution is -0.142. The summed E-state index contributed by atoms with van der Waals surface area (Å²) in [5.41, 5.74) is 4.07. The molecule has 6 rings (SSSR count). The van der Waals surface area contributed by atoms with Gasteiger partial charge in [0.15, 0.2) is 0 Å². The van der Waals surface area contributed by atoms with Crippen molar-refractivity contribution in [1.29, 1.82) is 0 Å². The zero-order chi connectivity index (χ0) is 28.9. The lowest BCUT2D eigenvalue weighted by Crippen LogP contribution is -2.60. The van der Waals surface area contributed by atoms with E-state index in [0.29, 0.717) is 38.8 Å². The predicted molar refractivity (Wildman–Crippen MR) is 163 cm³/mol. The Kier molecular flexibility index (Phi) is 8.33. The Morgan fingerprint density at radius 3 is 2.17 bits per heavy atom. The highest BCUT2D eigenvalue weighted by molar-refractivity contribution is 5.94. The van der Waals surface area contributed by atoms with Crippen LogP contribution in [0.3, 0.4) is 0 Å². The van der Waals surface area contributed by atoms with Crippen molar-refractivity contribution in [3.63, 3.8) is 0 Å². The van der Waals surface area contributed by atoms with Gasteiger partial charge in [-0.25, -0.2) is 0 Å². The molecule has 42 heavy (non-hydrogen) atoms. The number of nitrogens with zero attached hydrogens (tertiary/aromatic N) is 1. The van der Waals surface area contributed by atoms with Crippen LogP contribution in [0, 0.1) is 0 Å². The largest absolute Gasteiger partial charge is 0.361 e. The average molecular weight is 564 g/mol. The molecule has 1 aromatic heterocycles. The highest BCUT2D eigenvalue weighted by Gasteiger charge is 2.39. The van der Waals surface area contributed by atoms with Gasteiger partial charge >= 0.3 is 0 Å². The van der Waals surface area contributed by atoms with E-state index in [4.69, 9.17) is 0 Å². The van der Waals surface area contributed by atoms with Crippen LogP contribution in [0.2, 0.25) is 0 Å². The van der Waals surface area contributed by atoms with E-state index < -0.39 is 18.1 Å². The fraction of sp³-hybridized carbons (Fsp3) is 0.324. The van der Waals surface area contributed by atoms with E-state index in [0.717, 1.165) is 34.0 Å². The Bertz CT molecular complexity index is 1540. The summed E-state index contributed by atoms with van der Waals surface area (Å²) >= 11 is 0. The SMILES string of the molecule is O=C1N[C@H](Cc2ccccc2)C(=O)N2CCC[C@H]2C(=O)N[C@H](Cc2ccccc2)CN[C@H]1Cc1c[nH]c2ccccc12. The number of rotatable bonds is 6. The van der Waals surface area contributed by atoms with Crippen molar-refractivity contribution >= 4 is 28.6 Å². The molecule has 0 aliphatic carbocycles. The van der Waals surface area contributed by atoms with Crippen LogP contribution in [0.25, 0.3) is 10.9 Å². The van der Waals surface area contributed by atoms with E-state index in [2.05, 4.69) is 20.9 Å². The number of fused-ring (bicyclic) bond motifs is 2. The molecule has 3 aromatic carbocycles. The molecular formula is C34H37N5O3. The van der Waals surface area contributed by atoms with Crippen LogP contribution in [-0.4, -0.2) is 64.9 Å². The highest BCUT2D eigenvalue weighted by atomic mass is 16.2. The quantitative estimate of drug-likeness (QED) is 0.289. The number of carbonyl (C=O) groups excluding carboxylic acids is 3. The van der Waals surface area contributed by atoms with Crippen LogP contribution >= 0.6 is 0 Å². The van der Waals surface area contributed by atoms with Crippen molar-refractivity contribution in [2.24, 2.45) is 0 Å². The van der Waals surface area contributed by atoms with Crippen LogP contribution < -0.4 is 16.0 Å². The van der Waals surface area contributed by atoms with Gasteiger partial charge < -0.3 is 25.8 Å². The zero-order valence-corrected chi connectivity index (χ0v) is 23.6. The number of aromatic amines is 1. The summed E-state index contributed by atoms with van der Waals surface area (Å²) in [5, 5.41) is 10.9. The smallest absolute Gasteiger partial charge is 0.246 e. The topological polar surface area (TPSA) is 106 Å². The third-order valence-electron chi connectivity index (χ3n) is 8.43. The first-order chi connectivity index (χ1) is 20.5. The molecule has 0 unspecified atom stereocenters. The number of carbonyl (C=O) groups is 3. The van der Waals surface area contributed by atoms with E-state index in [1.165, 1.54) is 0 Å². The first-order valence-corrected chi connectivity index (χ1v) is 14.8. The average Bonchev–Trinajstić information content (AvgIpc) is 3.67. The maximum atomic E-state index is 14.0. The van der Waals surface area contributed by atoms with Crippen molar-refractivity contribution in [2.75, 3.05) is 13.1 Å². The molecule has 0 radical (unpaired) electrons. The van der Waals surface area contributed by atoms with Gasteiger partial charge in [0.2, 0.25) is 17.7 Å². The fourth-order valence-electron chi connectivity index (χ4n) is 6.26. The van der Waals surface area contributed by atoms with Gasteiger partial charge in [0, 0.05) is 42.7 Å². The normalized spacial score (nSPS) is 23.5. The summed E-state index contributed by atoms with van der Waals surface area (Å²) in [6.07, 6.45) is 4.70. The third kappa shape index (κ3) is 6.24. The summed E-state index contributed by atoms with van der Waals surface area (Å²) in [4.78, 5) is 46.7. The van der Waals surface area contributed by atoms with E-state index >= 15 is 0 Å². The van der Waals surface area contributed by atoms with Crippen LogP contribution in [0.4, 0.5) is 0 Å². The second-order valence-corrected chi connectivity index (χ2v) is 11.4. The molecule has 8 nitrogen and oxygen atoms in total. The molecule has 2 saturated heterocycles. The highest BCUT2D eigenvalue weighted by Crippen LogP contribution is 2.22. The molecule has 3 heterocycles. The molecule has 3 amide bonds. The van der Waals surface area contributed by atoms with Gasteiger partial charge in [0.1, 0.15) is 12.1 Å². The molecule has 0 saturated carbocycles. The lowest BCUT2D eigenvalue weighted by Gasteiger charge is -2.33. The molecule has 2 aliphatic rings. The Labute approximate surface area is 245 Å². The van der Waals surface area contributed by atoms with Gasteiger partial charge in [-0.2, -0.15) is 0 Å². The number of aromatic nitrogens is 1. The number of hydrogen-bond donors (Lipinski definition) is 4. The second kappa shape index (κ2) is 12.6. The Balaban J connectivity index is 1.32. The van der Waals surface area contributed by atoms with Crippen molar-refractivity contribution in [2.45, 2.75) is 56.3 Å². The number of H-pyrrole nitrogens is 1. The van der Waals surface area contributed by atoms with E-state index in [-0.39, 0.29) is 23.8 Å². The molecule has 216 valence electrons. The summed E-state index contributed by atoms with van der Waals surface area (Å²) in [6, 6.07) is 25.5. The number of para-hydroxylation sites is 1. The molecule has 0 spiro atoms. The van der Waals surface area contributed by atoms with Gasteiger partial charge in [-0.15, -0.1) is 0 Å². The molecule has 4 aromatic rings. The standard InChI is InChI=1S/C34H37N5O3/c40-32-29(20-25-21-35-28-15-8-7-14-27(25)28)36-22-26(18-23-10-3-1-4-11-23)37-33(41)31-16-9-17-39(31)34(42)30(38-32)19-24-12-5-2-6-13-24/h1-8,10-15,21,26,29-31,35-36H,9,16-20,22H2,(H,37,41)(H,38,40)/t26-,29+,30-,31+/m1/s1. The lowest BCUT2D eigenvalue weighted by atomic mass is 10.00. The summed E-state index contributed by atoms with van der Waals surface area (Å²) < 4.78 is 0. The minimum absolute atomic E-state index is 0.137. The molecular weight excluding hydrogens is 526 g/mol. The zero-order valence-electron chi connectivity index (χ0n) is 23.6. The number of benzene rings is 3. The molecule has 0 bridgehead atoms. The van der Waals surface area contributed by atoms with Gasteiger partial charge in [0.05, 0.1) is 6.04 Å². The predicted octanol–water partition coefficient (Wildman–Crippen LogP) is 3.13. The van der Waals surface area contributed by atoms with Crippen molar-refractivity contribution in [3.8, 4) is 0 Å². The number of hydrogen-bond acceptors (Lipinski definition) is 4. The Hall–Kier alpha value is -4.43. The minimum atomic E-state index is -0.778. The first kappa shape index (κ1) is 27.7. The molecule has 2 aliphatic heterocycles. The van der Waals surface area contributed by atoms with E-state index in [1.54, 1.807) is 4.90 Å². The minimum Gasteiger partial charge on any atom is -0.361 e. The Morgan fingerprint density at radius 2 is 1.40 bits per heavy atom. The molecule has 4 N–H and O–H groups in total. The van der Waals surface area contributed by atoms with Gasteiger partial charge in [0.25, 0.3) is 0 Å². The van der Waals surface area contributed by atoms with Gasteiger partial charge in [-0.05, 0) is 48.4 Å². The van der Waals surface area contributed by atoms with E-state index in [9.17, 15) is 14.4 Å². The summed E-state index contributed by atoms with van der Waals surface area (Å²) in [5.74, 6) is -0.575. The van der Waals surface area contributed by atoms with Crippen molar-refractivity contribution in [3.05, 3.63) is 108 Å². The summed E-state index contributed by atoms with van der Waals surface area (Å²) in [7, 11) is 0. The monoisotopic (exact) mass is 563 g/mol. The van der Waals surface area contributed by atoms with Gasteiger partial charge in [-0.1, -0.05) is 78.9 Å². The second-order valence-electron chi connectivity index (χ2n) is 11.4. The Morgan fingerprint density at radius 1 is 0.714 bits per heavy atom. The van der Waals surface area contributed by atoms with Crippen molar-refractivity contribution < 1.29 is 14.4 Å². The van der Waals surface area contributed by atoms with Crippen molar-refractivity contribution in [1.82, 2.24) is 25.8 Å². The third-order valence-corrected chi connectivity index (χ3v) is 8.43. The molecule has 8 heteroatoms. The summed E-state index contributed by atoms with van der Waals surface area (Å²) in [6.45, 7) is 0.906. The first-order valence-electron chi connectivity index (χ1n) is 14.8. The van der Waals surface area contributed by atoms with Crippen LogP contribution in [0.5, 0.6) is 0 Å². The number of amides is 3. The fourth-order valence-corrected chi connectivity index (χ4v) is 6.26. The number of nitrogens with one attached hydrogen (secondary N) is 4. The molecule has 2 fully saturated rings. The van der Waals surface area contributed by atoms with Crippen LogP contribution in [-0.2, 0) is 33.6 Å². The maximum absolute atomic E-state index is 14.0.